The summed E-state index contributed by atoms with van der Waals surface area (Å²) in [6, 6.07) is 5.62. The highest BCUT2D eigenvalue weighted by Gasteiger charge is 2.52. The number of urea groups is 1. The summed E-state index contributed by atoms with van der Waals surface area (Å²) in [6.45, 7) is 5.95. The van der Waals surface area contributed by atoms with Crippen LogP contribution in [0.25, 0.3) is 11.3 Å². The number of anilines is 1. The van der Waals surface area contributed by atoms with E-state index in [0.717, 1.165) is 29.0 Å². The normalized spacial score (nSPS) is 23.7. The smallest absolute Gasteiger partial charge is 0.323 e. The maximum Gasteiger partial charge on any atom is 0.325 e. The van der Waals surface area contributed by atoms with Crippen LogP contribution in [0.5, 0.6) is 0 Å². The molecule has 8 heteroatoms. The number of carbonyl (C=O) groups is 3. The topological polar surface area (TPSA) is 91.4 Å². The Morgan fingerprint density at radius 1 is 1.27 bits per heavy atom. The Balaban J connectivity index is 1.40. The van der Waals surface area contributed by atoms with Crippen molar-refractivity contribution in [1.29, 1.82) is 0 Å². The summed E-state index contributed by atoms with van der Waals surface area (Å²) >= 11 is 1.32. The average Bonchev–Trinajstić information content (AvgIpc) is 3.25. The lowest BCUT2D eigenvalue weighted by Gasteiger charge is -2.33. The van der Waals surface area contributed by atoms with E-state index in [2.05, 4.69) is 35.5 Å². The number of amides is 4. The Bertz CT molecular complexity index is 1010. The van der Waals surface area contributed by atoms with Gasteiger partial charge in [0.2, 0.25) is 5.91 Å². The predicted octanol–water partition coefficient (Wildman–Crippen LogP) is 3.87. The fourth-order valence-corrected chi connectivity index (χ4v) is 4.82. The standard InChI is InChI=1S/C22H26N4O3S/c1-13-6-8-22(9-7-13)19(28)26(21(29)25-22)11-18(27)24-20-23-17(12-30-20)16-5-4-14(2)15(3)10-16/h4-5,10,12-13H,6-9,11H2,1-3H3,(H,25,29)(H,23,24,27). The first-order valence-electron chi connectivity index (χ1n) is 10.2. The number of hydrogen-bond acceptors (Lipinski definition) is 5. The Morgan fingerprint density at radius 3 is 2.70 bits per heavy atom. The Morgan fingerprint density at radius 2 is 2.00 bits per heavy atom. The predicted molar refractivity (Wildman–Crippen MR) is 116 cm³/mol. The van der Waals surface area contributed by atoms with E-state index >= 15 is 0 Å². The summed E-state index contributed by atoms with van der Waals surface area (Å²) in [4.78, 5) is 43.3. The molecule has 158 valence electrons. The summed E-state index contributed by atoms with van der Waals surface area (Å²) in [5.74, 6) is -0.167. The summed E-state index contributed by atoms with van der Waals surface area (Å²) in [5.41, 5.74) is 3.32. The Kier molecular flexibility index (Phi) is 5.36. The maximum absolute atomic E-state index is 12.9. The van der Waals surface area contributed by atoms with Gasteiger partial charge in [0.1, 0.15) is 12.1 Å². The van der Waals surface area contributed by atoms with Gasteiger partial charge in [-0.1, -0.05) is 19.1 Å². The molecule has 0 radical (unpaired) electrons. The number of thiazole rings is 1. The zero-order chi connectivity index (χ0) is 21.5. The van der Waals surface area contributed by atoms with Gasteiger partial charge in [-0.25, -0.2) is 9.78 Å². The molecule has 1 aliphatic carbocycles. The lowest BCUT2D eigenvalue weighted by Crippen LogP contribution is -2.49. The second-order valence-electron chi connectivity index (χ2n) is 8.47. The minimum absolute atomic E-state index is 0.287. The van der Waals surface area contributed by atoms with Crippen molar-refractivity contribution >= 4 is 34.3 Å². The number of benzene rings is 1. The molecule has 1 spiro atoms. The van der Waals surface area contributed by atoms with Crippen LogP contribution in [0.1, 0.15) is 43.7 Å². The zero-order valence-corrected chi connectivity index (χ0v) is 18.3. The van der Waals surface area contributed by atoms with Crippen molar-refractivity contribution in [2.75, 3.05) is 11.9 Å². The van der Waals surface area contributed by atoms with E-state index in [9.17, 15) is 14.4 Å². The van der Waals surface area contributed by atoms with E-state index in [1.54, 1.807) is 0 Å². The third-order valence-corrected chi connectivity index (χ3v) is 6.99. The largest absolute Gasteiger partial charge is 0.325 e. The molecule has 30 heavy (non-hydrogen) atoms. The lowest BCUT2D eigenvalue weighted by atomic mass is 9.77. The van der Waals surface area contributed by atoms with Crippen LogP contribution in [-0.4, -0.2) is 39.8 Å². The number of imide groups is 1. The second-order valence-corrected chi connectivity index (χ2v) is 9.33. The minimum Gasteiger partial charge on any atom is -0.323 e. The van der Waals surface area contributed by atoms with Gasteiger partial charge >= 0.3 is 6.03 Å². The van der Waals surface area contributed by atoms with Gasteiger partial charge in [-0.3, -0.25) is 14.5 Å². The number of aryl methyl sites for hydroxylation is 2. The zero-order valence-electron chi connectivity index (χ0n) is 17.4. The van der Waals surface area contributed by atoms with Crippen molar-refractivity contribution in [3.63, 3.8) is 0 Å². The molecule has 0 unspecified atom stereocenters. The summed E-state index contributed by atoms with van der Waals surface area (Å²) in [7, 11) is 0. The van der Waals surface area contributed by atoms with Crippen LogP contribution in [0.15, 0.2) is 23.6 Å². The van der Waals surface area contributed by atoms with Gasteiger partial charge in [-0.05, 0) is 62.6 Å². The molecular weight excluding hydrogens is 400 g/mol. The molecule has 2 fully saturated rings. The molecule has 2 aliphatic rings. The number of aromatic nitrogens is 1. The van der Waals surface area contributed by atoms with Crippen LogP contribution in [-0.2, 0) is 9.59 Å². The second kappa shape index (κ2) is 7.83. The van der Waals surface area contributed by atoms with Crippen LogP contribution in [0, 0.1) is 19.8 Å². The molecule has 2 N–H and O–H groups in total. The molecule has 1 aliphatic heterocycles. The molecule has 1 saturated heterocycles. The highest BCUT2D eigenvalue weighted by Crippen LogP contribution is 2.36. The quantitative estimate of drug-likeness (QED) is 0.726. The van der Waals surface area contributed by atoms with E-state index in [1.165, 1.54) is 22.5 Å². The highest BCUT2D eigenvalue weighted by atomic mass is 32.1. The SMILES string of the molecule is Cc1ccc(-c2csc(NC(=O)CN3C(=O)NC4(CCC(C)CC4)C3=O)n2)cc1C. The fourth-order valence-electron chi connectivity index (χ4n) is 4.08. The van der Waals surface area contributed by atoms with Crippen molar-refractivity contribution in [3.8, 4) is 11.3 Å². The van der Waals surface area contributed by atoms with Crippen LogP contribution in [0.2, 0.25) is 0 Å². The molecule has 1 aromatic heterocycles. The van der Waals surface area contributed by atoms with Gasteiger partial charge in [0.15, 0.2) is 5.13 Å². The van der Waals surface area contributed by atoms with Crippen molar-refractivity contribution < 1.29 is 14.4 Å². The third-order valence-electron chi connectivity index (χ3n) is 6.23. The van der Waals surface area contributed by atoms with Gasteiger partial charge in [-0.15, -0.1) is 11.3 Å². The number of nitrogens with zero attached hydrogens (tertiary/aromatic N) is 2. The summed E-state index contributed by atoms with van der Waals surface area (Å²) in [6.07, 6.45) is 3.05. The molecule has 1 saturated carbocycles. The van der Waals surface area contributed by atoms with E-state index in [1.807, 2.05) is 24.4 Å². The molecule has 0 atom stereocenters. The maximum atomic E-state index is 12.9. The molecule has 2 aromatic rings. The molecule has 1 aromatic carbocycles. The molecular formula is C22H26N4O3S. The van der Waals surface area contributed by atoms with Gasteiger partial charge in [0.25, 0.3) is 5.91 Å². The van der Waals surface area contributed by atoms with Crippen molar-refractivity contribution in [2.45, 2.75) is 52.0 Å². The van der Waals surface area contributed by atoms with Gasteiger partial charge in [0.05, 0.1) is 5.69 Å². The molecule has 4 amide bonds. The van der Waals surface area contributed by atoms with Crippen LogP contribution >= 0.6 is 11.3 Å². The van der Waals surface area contributed by atoms with Crippen LogP contribution in [0.4, 0.5) is 9.93 Å². The van der Waals surface area contributed by atoms with E-state index in [4.69, 9.17) is 0 Å². The minimum atomic E-state index is -0.832. The lowest BCUT2D eigenvalue weighted by molar-refractivity contribution is -0.135. The van der Waals surface area contributed by atoms with E-state index in [0.29, 0.717) is 23.9 Å². The van der Waals surface area contributed by atoms with E-state index < -0.39 is 17.5 Å². The van der Waals surface area contributed by atoms with Crippen LogP contribution < -0.4 is 10.6 Å². The first-order chi connectivity index (χ1) is 14.3. The molecule has 4 rings (SSSR count). The van der Waals surface area contributed by atoms with Crippen LogP contribution in [0.3, 0.4) is 0 Å². The van der Waals surface area contributed by atoms with Crippen molar-refractivity contribution in [2.24, 2.45) is 5.92 Å². The van der Waals surface area contributed by atoms with Gasteiger partial charge < -0.3 is 10.6 Å². The fraction of sp³-hybridized carbons (Fsp3) is 0.455. The van der Waals surface area contributed by atoms with Gasteiger partial charge in [0, 0.05) is 10.9 Å². The first-order valence-corrected chi connectivity index (χ1v) is 11.1. The van der Waals surface area contributed by atoms with E-state index in [-0.39, 0.29) is 12.5 Å². The average molecular weight is 427 g/mol. The number of rotatable bonds is 4. The molecule has 2 heterocycles. The summed E-state index contributed by atoms with van der Waals surface area (Å²) < 4.78 is 0. The third kappa shape index (κ3) is 3.84. The Hall–Kier alpha value is -2.74. The number of nitrogens with one attached hydrogen (secondary N) is 2. The number of carbonyl (C=O) groups excluding carboxylic acids is 3. The van der Waals surface area contributed by atoms with Crippen molar-refractivity contribution in [1.82, 2.24) is 15.2 Å². The molecule has 7 nitrogen and oxygen atoms in total. The monoisotopic (exact) mass is 426 g/mol. The highest BCUT2D eigenvalue weighted by molar-refractivity contribution is 7.14. The van der Waals surface area contributed by atoms with Crippen molar-refractivity contribution in [3.05, 3.63) is 34.7 Å². The van der Waals surface area contributed by atoms with Gasteiger partial charge in [-0.2, -0.15) is 0 Å². The first kappa shape index (κ1) is 20.5. The Labute approximate surface area is 179 Å². The molecule has 0 bridgehead atoms. The number of hydrogen-bond donors (Lipinski definition) is 2. The summed E-state index contributed by atoms with van der Waals surface area (Å²) in [5, 5.41) is 7.88.